The molecular weight excluding hydrogens is 308 g/mol. The third-order valence-electron chi connectivity index (χ3n) is 4.38. The maximum absolute atomic E-state index is 5.40. The van der Waals surface area contributed by atoms with Crippen LogP contribution >= 0.6 is 0 Å². The zero-order valence-electron chi connectivity index (χ0n) is 14.1. The first-order chi connectivity index (χ1) is 12.4. The first kappa shape index (κ1) is 15.3. The molecule has 0 aromatic heterocycles. The Morgan fingerprint density at radius 2 is 1.44 bits per heavy atom. The van der Waals surface area contributed by atoms with Gasteiger partial charge in [-0.25, -0.2) is 0 Å². The van der Waals surface area contributed by atoms with Crippen molar-refractivity contribution >= 4 is 11.4 Å². The number of methoxy groups -OCH3 is 1. The monoisotopic (exact) mass is 328 g/mol. The van der Waals surface area contributed by atoms with Crippen LogP contribution in [0.5, 0.6) is 5.75 Å². The fraction of sp³-hybridized carbons (Fsp3) is 0.0909. The molecule has 1 aliphatic rings. The number of para-hydroxylation sites is 1. The standard InChI is InChI=1S/C22H20N2O/c1-25-21-14-8-13-20(17-21)23-16-15-22(18-9-4-2-5-10-18)24(23)19-11-6-3-7-12-19/h2-17,22H,1H3. The Hall–Kier alpha value is -3.20. The predicted octanol–water partition coefficient (Wildman–Crippen LogP) is 5.19. The van der Waals surface area contributed by atoms with E-state index in [1.807, 2.05) is 24.3 Å². The summed E-state index contributed by atoms with van der Waals surface area (Å²) in [5.41, 5.74) is 3.47. The molecule has 0 amide bonds. The molecule has 0 radical (unpaired) electrons. The molecule has 3 aromatic carbocycles. The summed E-state index contributed by atoms with van der Waals surface area (Å²) < 4.78 is 5.40. The van der Waals surface area contributed by atoms with Gasteiger partial charge in [-0.1, -0.05) is 54.6 Å². The van der Waals surface area contributed by atoms with Gasteiger partial charge in [0.05, 0.1) is 24.5 Å². The summed E-state index contributed by atoms with van der Waals surface area (Å²) in [6.45, 7) is 0. The summed E-state index contributed by atoms with van der Waals surface area (Å²) in [6.07, 6.45) is 4.35. The summed E-state index contributed by atoms with van der Waals surface area (Å²) in [4.78, 5) is 0. The van der Waals surface area contributed by atoms with E-state index in [0.717, 1.165) is 17.1 Å². The number of hydrogen-bond acceptors (Lipinski definition) is 3. The molecule has 1 unspecified atom stereocenters. The van der Waals surface area contributed by atoms with Crippen LogP contribution in [0.1, 0.15) is 11.6 Å². The Morgan fingerprint density at radius 3 is 2.16 bits per heavy atom. The Kier molecular flexibility index (Phi) is 4.13. The van der Waals surface area contributed by atoms with Crippen LogP contribution in [0, 0.1) is 0 Å². The molecule has 124 valence electrons. The number of hydrazine groups is 1. The van der Waals surface area contributed by atoms with Gasteiger partial charge in [0.25, 0.3) is 0 Å². The second-order valence-corrected chi connectivity index (χ2v) is 5.92. The highest BCUT2D eigenvalue weighted by Gasteiger charge is 2.29. The summed E-state index contributed by atoms with van der Waals surface area (Å²) in [5.74, 6) is 0.849. The van der Waals surface area contributed by atoms with Crippen LogP contribution in [-0.2, 0) is 0 Å². The summed E-state index contributed by atoms with van der Waals surface area (Å²) in [7, 11) is 1.70. The van der Waals surface area contributed by atoms with Gasteiger partial charge in [0.15, 0.2) is 0 Å². The van der Waals surface area contributed by atoms with Crippen molar-refractivity contribution in [1.29, 1.82) is 0 Å². The number of anilines is 2. The van der Waals surface area contributed by atoms with Gasteiger partial charge in [-0.2, -0.15) is 0 Å². The van der Waals surface area contributed by atoms with E-state index in [-0.39, 0.29) is 6.04 Å². The van der Waals surface area contributed by atoms with Crippen LogP contribution in [0.15, 0.2) is 97.2 Å². The van der Waals surface area contributed by atoms with Crippen LogP contribution in [0.3, 0.4) is 0 Å². The Balaban J connectivity index is 1.77. The molecular formula is C22H20N2O. The normalized spacial score (nSPS) is 16.3. The molecule has 1 aliphatic heterocycles. The van der Waals surface area contributed by atoms with Gasteiger partial charge in [0.2, 0.25) is 0 Å². The van der Waals surface area contributed by atoms with Gasteiger partial charge in [0.1, 0.15) is 5.75 Å². The maximum atomic E-state index is 5.40. The van der Waals surface area contributed by atoms with E-state index in [1.165, 1.54) is 5.56 Å². The van der Waals surface area contributed by atoms with Gasteiger partial charge >= 0.3 is 0 Å². The van der Waals surface area contributed by atoms with Crippen LogP contribution in [0.2, 0.25) is 0 Å². The molecule has 0 saturated heterocycles. The van der Waals surface area contributed by atoms with Crippen molar-refractivity contribution < 1.29 is 4.74 Å². The van der Waals surface area contributed by atoms with E-state index in [2.05, 4.69) is 83.0 Å². The van der Waals surface area contributed by atoms with E-state index in [9.17, 15) is 0 Å². The Labute approximate surface area is 148 Å². The van der Waals surface area contributed by atoms with Crippen molar-refractivity contribution in [2.45, 2.75) is 6.04 Å². The molecule has 1 heterocycles. The molecule has 4 rings (SSSR count). The van der Waals surface area contributed by atoms with Crippen LogP contribution < -0.4 is 14.8 Å². The molecule has 1 atom stereocenters. The molecule has 0 aliphatic carbocycles. The topological polar surface area (TPSA) is 15.7 Å². The fourth-order valence-electron chi connectivity index (χ4n) is 3.18. The Bertz CT molecular complexity index is 861. The largest absolute Gasteiger partial charge is 0.497 e. The van der Waals surface area contributed by atoms with Crippen molar-refractivity contribution in [2.24, 2.45) is 0 Å². The average molecular weight is 328 g/mol. The summed E-state index contributed by atoms with van der Waals surface area (Å²) in [6, 6.07) is 29.3. The van der Waals surface area contributed by atoms with E-state index in [4.69, 9.17) is 4.74 Å². The molecule has 25 heavy (non-hydrogen) atoms. The zero-order valence-corrected chi connectivity index (χ0v) is 14.1. The third-order valence-corrected chi connectivity index (χ3v) is 4.38. The smallest absolute Gasteiger partial charge is 0.121 e. The lowest BCUT2D eigenvalue weighted by molar-refractivity contribution is 0.415. The van der Waals surface area contributed by atoms with E-state index < -0.39 is 0 Å². The predicted molar refractivity (Wildman–Crippen MR) is 103 cm³/mol. The number of ether oxygens (including phenoxy) is 1. The first-order valence-corrected chi connectivity index (χ1v) is 8.37. The van der Waals surface area contributed by atoms with Crippen molar-refractivity contribution in [3.05, 3.63) is 103 Å². The fourth-order valence-corrected chi connectivity index (χ4v) is 3.18. The highest BCUT2D eigenvalue weighted by molar-refractivity contribution is 5.66. The highest BCUT2D eigenvalue weighted by atomic mass is 16.5. The summed E-state index contributed by atoms with van der Waals surface area (Å²) >= 11 is 0. The lowest BCUT2D eigenvalue weighted by Gasteiger charge is -2.36. The van der Waals surface area contributed by atoms with Gasteiger partial charge in [-0.15, -0.1) is 0 Å². The SMILES string of the molecule is COc1cccc(N2C=CC(c3ccccc3)N2c2ccccc2)c1. The van der Waals surface area contributed by atoms with Crippen molar-refractivity contribution in [3.8, 4) is 5.75 Å². The quantitative estimate of drug-likeness (QED) is 0.655. The van der Waals surface area contributed by atoms with Gasteiger partial charge < -0.3 is 4.74 Å². The number of benzene rings is 3. The number of rotatable bonds is 4. The number of hydrogen-bond donors (Lipinski definition) is 0. The van der Waals surface area contributed by atoms with Crippen LogP contribution in [0.25, 0.3) is 0 Å². The molecule has 0 N–H and O–H groups in total. The second-order valence-electron chi connectivity index (χ2n) is 5.92. The molecule has 0 fully saturated rings. The maximum Gasteiger partial charge on any atom is 0.121 e. The molecule has 0 bridgehead atoms. The first-order valence-electron chi connectivity index (χ1n) is 8.37. The van der Waals surface area contributed by atoms with Crippen molar-refractivity contribution in [3.63, 3.8) is 0 Å². The minimum absolute atomic E-state index is 0.148. The minimum atomic E-state index is 0.148. The van der Waals surface area contributed by atoms with Crippen molar-refractivity contribution in [1.82, 2.24) is 0 Å². The average Bonchev–Trinajstić information content (AvgIpc) is 3.14. The van der Waals surface area contributed by atoms with Gasteiger partial charge in [-0.05, 0) is 35.9 Å². The highest BCUT2D eigenvalue weighted by Crippen LogP contribution is 2.38. The summed E-state index contributed by atoms with van der Waals surface area (Å²) in [5, 5.41) is 4.47. The minimum Gasteiger partial charge on any atom is -0.497 e. The third kappa shape index (κ3) is 2.96. The lowest BCUT2D eigenvalue weighted by Crippen LogP contribution is -2.37. The number of nitrogens with zero attached hydrogens (tertiary/aromatic N) is 2. The molecule has 3 aromatic rings. The zero-order chi connectivity index (χ0) is 17.1. The van der Waals surface area contributed by atoms with Crippen molar-refractivity contribution in [2.75, 3.05) is 17.1 Å². The van der Waals surface area contributed by atoms with E-state index in [0.29, 0.717) is 0 Å². The lowest BCUT2D eigenvalue weighted by atomic mass is 10.1. The van der Waals surface area contributed by atoms with Gasteiger partial charge in [0, 0.05) is 12.3 Å². The molecule has 0 spiro atoms. The molecule has 3 nitrogen and oxygen atoms in total. The second kappa shape index (κ2) is 6.73. The van der Waals surface area contributed by atoms with Crippen LogP contribution in [0.4, 0.5) is 11.4 Å². The Morgan fingerprint density at radius 1 is 0.760 bits per heavy atom. The van der Waals surface area contributed by atoms with Crippen LogP contribution in [-0.4, -0.2) is 7.11 Å². The van der Waals surface area contributed by atoms with Gasteiger partial charge in [-0.3, -0.25) is 10.0 Å². The molecule has 3 heteroatoms. The molecule has 0 saturated carbocycles. The van der Waals surface area contributed by atoms with E-state index >= 15 is 0 Å². The van der Waals surface area contributed by atoms with E-state index in [1.54, 1.807) is 7.11 Å².